The molecule has 1 aliphatic carbocycles. The molecule has 0 fully saturated rings. The van der Waals surface area contributed by atoms with Gasteiger partial charge in [-0.05, 0) is 123 Å². The first-order chi connectivity index (χ1) is 37.9. The van der Waals surface area contributed by atoms with Crippen molar-refractivity contribution in [2.24, 2.45) is 0 Å². The highest BCUT2D eigenvalue weighted by molar-refractivity contribution is 7.00. The lowest BCUT2D eigenvalue weighted by molar-refractivity contribution is 0.296. The Bertz CT molecular complexity index is 3750. The second-order valence-electron chi connectivity index (χ2n) is 21.5. The van der Waals surface area contributed by atoms with Crippen molar-refractivity contribution in [1.29, 1.82) is 0 Å². The number of hydrogen-bond acceptors (Lipinski definition) is 11. The quantitative estimate of drug-likeness (QED) is 0.158. The van der Waals surface area contributed by atoms with E-state index in [1.807, 2.05) is 24.3 Å². The molecule has 1 aromatic heterocycles. The monoisotopic (exact) mass is 1020 g/mol. The zero-order valence-corrected chi connectivity index (χ0v) is 42.9. The number of furan rings is 1. The van der Waals surface area contributed by atoms with E-state index in [0.717, 1.165) is 133 Å². The van der Waals surface area contributed by atoms with Crippen LogP contribution in [-0.4, -0.2) is 59.6 Å². The molecule has 0 spiro atoms. The number of para-hydroxylation sites is 1. The molecular weight excluding hydrogens is 964 g/mol. The van der Waals surface area contributed by atoms with E-state index in [1.165, 1.54) is 22.3 Å². The Morgan fingerprint density at radius 3 is 1.36 bits per heavy atom. The largest absolute Gasteiger partial charge is 0.490 e. The van der Waals surface area contributed by atoms with Gasteiger partial charge in [-0.25, -0.2) is 0 Å². The maximum atomic E-state index is 6.55. The van der Waals surface area contributed by atoms with Gasteiger partial charge in [0.25, 0.3) is 6.71 Å². The number of hydrogen-bond donors (Lipinski definition) is 0. The lowest BCUT2D eigenvalue weighted by Crippen LogP contribution is -2.61. The summed E-state index contributed by atoms with van der Waals surface area (Å²) in [7, 11) is 0. The van der Waals surface area contributed by atoms with Crippen LogP contribution in [0, 0.1) is 0 Å². The topological polar surface area (TPSA) is 93.5 Å². The Morgan fingerprint density at radius 1 is 0.390 bits per heavy atom. The molecule has 0 saturated carbocycles. The fourth-order valence-electron chi connectivity index (χ4n) is 12.8. The molecule has 8 aromatic carbocycles. The van der Waals surface area contributed by atoms with Crippen molar-refractivity contribution >= 4 is 68.2 Å². The van der Waals surface area contributed by atoms with E-state index in [2.05, 4.69) is 139 Å². The molecule has 0 N–H and O–H groups in total. The molecule has 7 heterocycles. The highest BCUT2D eigenvalue weighted by Crippen LogP contribution is 2.54. The predicted molar refractivity (Wildman–Crippen MR) is 301 cm³/mol. The molecule has 0 unspecified atom stereocenters. The fourth-order valence-corrected chi connectivity index (χ4v) is 12.8. The molecule has 0 saturated heterocycles. The second kappa shape index (κ2) is 17.2. The van der Waals surface area contributed by atoms with Crippen molar-refractivity contribution in [2.75, 3.05) is 62.7 Å². The zero-order chi connectivity index (χ0) is 50.9. The summed E-state index contributed by atoms with van der Waals surface area (Å²) >= 11 is 0. The molecule has 7 aliphatic rings. The van der Waals surface area contributed by atoms with Crippen molar-refractivity contribution in [3.63, 3.8) is 0 Å². The number of rotatable bonds is 4. The summed E-state index contributed by atoms with van der Waals surface area (Å²) in [6, 6.07) is 50.4. The molecule has 6 aliphatic heterocycles. The summed E-state index contributed by atoms with van der Waals surface area (Å²) < 4.78 is 58.0. The van der Waals surface area contributed by atoms with Gasteiger partial charge in [0.15, 0.2) is 46.0 Å². The van der Waals surface area contributed by atoms with E-state index >= 15 is 0 Å². The number of ether oxygens (including phenoxy) is 8. The van der Waals surface area contributed by atoms with E-state index in [4.69, 9.17) is 42.3 Å². The Morgan fingerprint density at radius 2 is 0.844 bits per heavy atom. The van der Waals surface area contributed by atoms with E-state index in [1.54, 1.807) is 0 Å². The smallest absolute Gasteiger partial charge is 0.252 e. The van der Waals surface area contributed by atoms with E-state index < -0.39 is 0 Å². The second-order valence-corrected chi connectivity index (χ2v) is 21.5. The predicted octanol–water partition coefficient (Wildman–Crippen LogP) is 12.8. The Kier molecular flexibility index (Phi) is 9.97. The first-order valence-corrected chi connectivity index (χ1v) is 27.1. The number of nitrogens with zero attached hydrogens (tertiary/aromatic N) is 2. The molecule has 0 radical (unpaired) electrons. The minimum Gasteiger partial charge on any atom is -0.490 e. The van der Waals surface area contributed by atoms with Crippen molar-refractivity contribution in [3.05, 3.63) is 151 Å². The van der Waals surface area contributed by atoms with E-state index in [0.29, 0.717) is 75.9 Å². The average Bonchev–Trinajstić information content (AvgIpc) is 3.83. The summed E-state index contributed by atoms with van der Waals surface area (Å²) in [5, 5.41) is 1.10. The van der Waals surface area contributed by atoms with Crippen LogP contribution in [0.15, 0.2) is 144 Å². The number of benzene rings is 8. The van der Waals surface area contributed by atoms with Crippen molar-refractivity contribution in [3.8, 4) is 79.6 Å². The molecule has 0 amide bonds. The standard InChI is InChI=1S/C65H53BN2O9/c1-65(2)46-27-38(11-15-44(46)45-16-12-40(28-47(45)65)57-31-39-9-3-4-10-54(39)77-57)41-29-52-64-53(30-41)68(43-14-18-56-59(33-43)72-22-6-20-70-56)51-37-63-61(74-24-8-26-76-63)35-49(51)66(64)48-34-60-62(75-25-7-23-73-60)36-50(48)67(52)42-13-17-55-58(32-42)71-21-5-19-69-55/h3-4,9-18,27-37H,5-8,19-26H2,1-2H3. The van der Waals surface area contributed by atoms with Gasteiger partial charge in [-0.2, -0.15) is 0 Å². The minimum absolute atomic E-state index is 0.268. The van der Waals surface area contributed by atoms with Crippen LogP contribution in [0.25, 0.3) is 44.5 Å². The third-order valence-corrected chi connectivity index (χ3v) is 16.5. The van der Waals surface area contributed by atoms with Crippen molar-refractivity contribution in [1.82, 2.24) is 0 Å². The van der Waals surface area contributed by atoms with Gasteiger partial charge in [0.2, 0.25) is 0 Å². The van der Waals surface area contributed by atoms with Crippen LogP contribution in [0.3, 0.4) is 0 Å². The zero-order valence-electron chi connectivity index (χ0n) is 42.9. The first kappa shape index (κ1) is 44.6. The lowest BCUT2D eigenvalue weighted by Gasteiger charge is -2.44. The first-order valence-electron chi connectivity index (χ1n) is 27.1. The van der Waals surface area contributed by atoms with Crippen LogP contribution < -0.4 is 64.1 Å². The number of anilines is 6. The molecular formula is C65H53BN2O9. The highest BCUT2D eigenvalue weighted by Gasteiger charge is 2.46. The Balaban J connectivity index is 0.946. The Labute approximate surface area is 446 Å². The van der Waals surface area contributed by atoms with Crippen molar-refractivity contribution < 1.29 is 42.3 Å². The minimum atomic E-state index is -0.320. The molecule has 12 heteroatoms. The molecule has 16 rings (SSSR count). The van der Waals surface area contributed by atoms with Gasteiger partial charge in [-0.3, -0.25) is 0 Å². The third-order valence-electron chi connectivity index (χ3n) is 16.5. The normalized spacial score (nSPS) is 16.9. The SMILES string of the molecule is CC1(C)c2cc(-c3cc4c5c(c3)N(c3ccc6c(c3)OCCCO6)c3cc6c(cc3B5c3cc5c(cc3N4c3ccc4c(c3)OCCCO4)OCCCO5)OCCCO6)ccc2-c2ccc(-c3cc4ccccc4o3)cc21. The molecule has 380 valence electrons. The maximum Gasteiger partial charge on any atom is 0.252 e. The molecule has 0 atom stereocenters. The summed E-state index contributed by atoms with van der Waals surface area (Å²) in [5.41, 5.74) is 18.0. The fraction of sp³-hybridized carbons (Fsp3) is 0.231. The molecule has 9 aromatic rings. The lowest BCUT2D eigenvalue weighted by atomic mass is 9.33. The summed E-state index contributed by atoms with van der Waals surface area (Å²) in [6.45, 7) is 8.98. The summed E-state index contributed by atoms with van der Waals surface area (Å²) in [5.74, 6) is 6.66. The van der Waals surface area contributed by atoms with E-state index in [-0.39, 0.29) is 12.1 Å². The van der Waals surface area contributed by atoms with Crippen LogP contribution in [0.1, 0.15) is 50.7 Å². The Hall–Kier alpha value is -8.64. The van der Waals surface area contributed by atoms with Gasteiger partial charge in [0, 0.05) is 89.1 Å². The van der Waals surface area contributed by atoms with Gasteiger partial charge in [-0.15, -0.1) is 0 Å². The highest BCUT2D eigenvalue weighted by atomic mass is 16.5. The van der Waals surface area contributed by atoms with Crippen LogP contribution in [0.2, 0.25) is 0 Å². The molecule has 11 nitrogen and oxygen atoms in total. The van der Waals surface area contributed by atoms with Gasteiger partial charge >= 0.3 is 0 Å². The van der Waals surface area contributed by atoms with E-state index in [9.17, 15) is 0 Å². The summed E-state index contributed by atoms with van der Waals surface area (Å²) in [4.78, 5) is 4.79. The van der Waals surface area contributed by atoms with Gasteiger partial charge < -0.3 is 52.1 Å². The van der Waals surface area contributed by atoms with Gasteiger partial charge in [0.05, 0.1) is 64.2 Å². The summed E-state index contributed by atoms with van der Waals surface area (Å²) in [6.07, 6.45) is 3.17. The van der Waals surface area contributed by atoms with Gasteiger partial charge in [-0.1, -0.05) is 56.3 Å². The maximum absolute atomic E-state index is 6.55. The third kappa shape index (κ3) is 7.03. The van der Waals surface area contributed by atoms with Crippen LogP contribution in [0.4, 0.5) is 34.1 Å². The average molecular weight is 1020 g/mol. The van der Waals surface area contributed by atoms with Crippen LogP contribution in [-0.2, 0) is 5.41 Å². The van der Waals surface area contributed by atoms with Crippen LogP contribution in [0.5, 0.6) is 46.0 Å². The van der Waals surface area contributed by atoms with Gasteiger partial charge in [0.1, 0.15) is 11.3 Å². The van der Waals surface area contributed by atoms with Crippen molar-refractivity contribution in [2.45, 2.75) is 44.9 Å². The number of fused-ring (bicyclic) bond motifs is 12. The molecule has 77 heavy (non-hydrogen) atoms. The van der Waals surface area contributed by atoms with Crippen LogP contribution >= 0.6 is 0 Å². The molecule has 0 bridgehead atoms.